The molecule has 2 heterocycles. The standard InChI is InChI=1S/C17H21N3O3S2/c1-2-19-9-11-20(12-10-19)17(21)14-6-3-4-7-15(14)18-25(22,23)16-8-5-13-24-16/h3-8,13,18H,2,9-12H2,1H3. The van der Waals surface area contributed by atoms with Crippen LogP contribution < -0.4 is 4.72 Å². The summed E-state index contributed by atoms with van der Waals surface area (Å²) in [6.45, 7) is 6.05. The third kappa shape index (κ3) is 4.02. The molecular formula is C17H21N3O3S2. The van der Waals surface area contributed by atoms with E-state index in [1.807, 2.05) is 0 Å². The summed E-state index contributed by atoms with van der Waals surface area (Å²) < 4.78 is 27.7. The molecule has 1 amide bonds. The van der Waals surface area contributed by atoms with Crippen LogP contribution in [0.1, 0.15) is 17.3 Å². The van der Waals surface area contributed by atoms with Gasteiger partial charge in [0.15, 0.2) is 0 Å². The molecule has 25 heavy (non-hydrogen) atoms. The maximum Gasteiger partial charge on any atom is 0.271 e. The van der Waals surface area contributed by atoms with E-state index in [4.69, 9.17) is 0 Å². The minimum atomic E-state index is -3.68. The van der Waals surface area contributed by atoms with Gasteiger partial charge in [0, 0.05) is 26.2 Å². The van der Waals surface area contributed by atoms with Crippen molar-refractivity contribution in [3.8, 4) is 0 Å². The van der Waals surface area contributed by atoms with Crippen molar-refractivity contribution in [2.24, 2.45) is 0 Å². The summed E-state index contributed by atoms with van der Waals surface area (Å²) in [4.78, 5) is 16.9. The van der Waals surface area contributed by atoms with Gasteiger partial charge in [0.2, 0.25) is 0 Å². The van der Waals surface area contributed by atoms with E-state index in [0.29, 0.717) is 24.3 Å². The smallest absolute Gasteiger partial charge is 0.271 e. The van der Waals surface area contributed by atoms with E-state index < -0.39 is 10.0 Å². The number of nitrogens with zero attached hydrogens (tertiary/aromatic N) is 2. The van der Waals surface area contributed by atoms with Gasteiger partial charge in [0.1, 0.15) is 4.21 Å². The largest absolute Gasteiger partial charge is 0.336 e. The van der Waals surface area contributed by atoms with Crippen molar-refractivity contribution in [1.29, 1.82) is 0 Å². The summed E-state index contributed by atoms with van der Waals surface area (Å²) in [6, 6.07) is 9.99. The second-order valence-corrected chi connectivity index (χ2v) is 8.67. The van der Waals surface area contributed by atoms with Crippen molar-refractivity contribution in [3.05, 3.63) is 47.3 Å². The van der Waals surface area contributed by atoms with Crippen LogP contribution in [0.25, 0.3) is 0 Å². The molecule has 134 valence electrons. The average molecular weight is 380 g/mol. The van der Waals surface area contributed by atoms with Crippen LogP contribution in [-0.2, 0) is 10.0 Å². The van der Waals surface area contributed by atoms with Gasteiger partial charge < -0.3 is 9.80 Å². The van der Waals surface area contributed by atoms with Gasteiger partial charge in [-0.15, -0.1) is 11.3 Å². The highest BCUT2D eigenvalue weighted by molar-refractivity contribution is 7.94. The Morgan fingerprint density at radius 2 is 1.84 bits per heavy atom. The third-order valence-corrected chi connectivity index (χ3v) is 7.03. The first-order valence-electron chi connectivity index (χ1n) is 8.18. The van der Waals surface area contributed by atoms with Crippen LogP contribution in [-0.4, -0.2) is 56.8 Å². The summed E-state index contributed by atoms with van der Waals surface area (Å²) in [5.74, 6) is -0.139. The van der Waals surface area contributed by atoms with Crippen LogP contribution >= 0.6 is 11.3 Å². The Kier molecular flexibility index (Phi) is 5.41. The van der Waals surface area contributed by atoms with Crippen LogP contribution in [0, 0.1) is 0 Å². The van der Waals surface area contributed by atoms with Gasteiger partial charge in [-0.3, -0.25) is 9.52 Å². The summed E-state index contributed by atoms with van der Waals surface area (Å²) in [7, 11) is -3.68. The lowest BCUT2D eigenvalue weighted by molar-refractivity contribution is 0.0644. The van der Waals surface area contributed by atoms with Crippen LogP contribution in [0.5, 0.6) is 0 Å². The molecule has 1 fully saturated rings. The zero-order valence-corrected chi connectivity index (χ0v) is 15.6. The van der Waals surface area contributed by atoms with Crippen LogP contribution in [0.3, 0.4) is 0 Å². The van der Waals surface area contributed by atoms with Gasteiger partial charge >= 0.3 is 0 Å². The van der Waals surface area contributed by atoms with Crippen LogP contribution in [0.2, 0.25) is 0 Å². The third-order valence-electron chi connectivity index (χ3n) is 4.27. The molecule has 0 radical (unpaired) electrons. The first-order valence-corrected chi connectivity index (χ1v) is 10.5. The molecule has 6 nitrogen and oxygen atoms in total. The minimum absolute atomic E-state index is 0.139. The molecule has 8 heteroatoms. The number of piperazine rings is 1. The van der Waals surface area contributed by atoms with Crippen LogP contribution in [0.15, 0.2) is 46.0 Å². The van der Waals surface area contributed by atoms with E-state index in [1.165, 1.54) is 0 Å². The van der Waals surface area contributed by atoms with Crippen molar-refractivity contribution < 1.29 is 13.2 Å². The summed E-state index contributed by atoms with van der Waals surface area (Å²) in [5, 5.41) is 1.71. The number of benzene rings is 1. The molecule has 1 aromatic heterocycles. The molecule has 0 unspecified atom stereocenters. The number of hydrogen-bond acceptors (Lipinski definition) is 5. The summed E-state index contributed by atoms with van der Waals surface area (Å²) in [6.07, 6.45) is 0. The molecule has 1 aliphatic rings. The van der Waals surface area contributed by atoms with Crippen molar-refractivity contribution in [2.75, 3.05) is 37.4 Å². The van der Waals surface area contributed by atoms with E-state index in [9.17, 15) is 13.2 Å². The monoisotopic (exact) mass is 379 g/mol. The van der Waals surface area contributed by atoms with Crippen LogP contribution in [0.4, 0.5) is 5.69 Å². The second-order valence-electron chi connectivity index (χ2n) is 5.81. The number of carbonyl (C=O) groups excluding carboxylic acids is 1. The maximum atomic E-state index is 12.9. The molecule has 1 N–H and O–H groups in total. The van der Waals surface area contributed by atoms with Gasteiger partial charge in [-0.1, -0.05) is 25.1 Å². The Hall–Kier alpha value is -1.90. The molecule has 1 aromatic carbocycles. The fraction of sp³-hybridized carbons (Fsp3) is 0.353. The summed E-state index contributed by atoms with van der Waals surface area (Å²) in [5.41, 5.74) is 0.700. The van der Waals surface area contributed by atoms with E-state index in [-0.39, 0.29) is 10.1 Å². The minimum Gasteiger partial charge on any atom is -0.336 e. The van der Waals surface area contributed by atoms with Gasteiger partial charge in [0.25, 0.3) is 15.9 Å². The number of thiophene rings is 1. The summed E-state index contributed by atoms with van der Waals surface area (Å²) >= 11 is 1.14. The number of para-hydroxylation sites is 1. The molecule has 2 aromatic rings. The topological polar surface area (TPSA) is 69.7 Å². The van der Waals surface area contributed by atoms with E-state index in [1.54, 1.807) is 46.7 Å². The molecule has 0 bridgehead atoms. The van der Waals surface area contributed by atoms with Gasteiger partial charge in [-0.2, -0.15) is 0 Å². The Balaban J connectivity index is 1.81. The molecule has 0 atom stereocenters. The van der Waals surface area contributed by atoms with Crippen molar-refractivity contribution in [1.82, 2.24) is 9.80 Å². The second kappa shape index (κ2) is 7.55. The predicted octanol–water partition coefficient (Wildman–Crippen LogP) is 2.33. The molecule has 0 aliphatic carbocycles. The molecular weight excluding hydrogens is 358 g/mol. The first kappa shape index (κ1) is 17.9. The molecule has 1 aliphatic heterocycles. The predicted molar refractivity (Wildman–Crippen MR) is 99.6 cm³/mol. The number of likely N-dealkylation sites (N-methyl/N-ethyl adjacent to an activating group) is 1. The molecule has 0 spiro atoms. The van der Waals surface area contributed by atoms with Gasteiger partial charge in [-0.05, 0) is 30.1 Å². The first-order chi connectivity index (χ1) is 12.0. The van der Waals surface area contributed by atoms with Crippen molar-refractivity contribution >= 4 is 33.0 Å². The highest BCUT2D eigenvalue weighted by Crippen LogP contribution is 2.24. The number of carbonyl (C=O) groups is 1. The molecule has 1 saturated heterocycles. The number of nitrogens with one attached hydrogen (secondary N) is 1. The van der Waals surface area contributed by atoms with Crippen molar-refractivity contribution in [2.45, 2.75) is 11.1 Å². The van der Waals surface area contributed by atoms with Gasteiger partial charge in [-0.25, -0.2) is 8.42 Å². The Bertz CT molecular complexity index is 827. The number of amides is 1. The quantitative estimate of drug-likeness (QED) is 0.866. The molecule has 0 saturated carbocycles. The number of anilines is 1. The van der Waals surface area contributed by atoms with E-state index >= 15 is 0 Å². The maximum absolute atomic E-state index is 12.9. The lowest BCUT2D eigenvalue weighted by Gasteiger charge is -2.34. The number of hydrogen-bond donors (Lipinski definition) is 1. The van der Waals surface area contributed by atoms with Gasteiger partial charge in [0.05, 0.1) is 11.3 Å². The fourth-order valence-corrected chi connectivity index (χ4v) is 4.88. The number of sulfonamides is 1. The van der Waals surface area contributed by atoms with Crippen molar-refractivity contribution in [3.63, 3.8) is 0 Å². The average Bonchev–Trinajstić information content (AvgIpc) is 3.17. The highest BCUT2D eigenvalue weighted by atomic mass is 32.2. The lowest BCUT2D eigenvalue weighted by Crippen LogP contribution is -2.48. The van der Waals surface area contributed by atoms with E-state index in [0.717, 1.165) is 31.0 Å². The zero-order chi connectivity index (χ0) is 17.9. The molecule has 3 rings (SSSR count). The Morgan fingerprint density at radius 3 is 2.48 bits per heavy atom. The fourth-order valence-electron chi connectivity index (χ4n) is 2.81. The highest BCUT2D eigenvalue weighted by Gasteiger charge is 2.25. The Morgan fingerprint density at radius 1 is 1.12 bits per heavy atom. The van der Waals surface area contributed by atoms with E-state index in [2.05, 4.69) is 16.5 Å². The number of rotatable bonds is 5. The zero-order valence-electron chi connectivity index (χ0n) is 14.0. The normalized spacial score (nSPS) is 16.0. The Labute approximate surface area is 152 Å². The lowest BCUT2D eigenvalue weighted by atomic mass is 10.1. The SMILES string of the molecule is CCN1CCN(C(=O)c2ccccc2NS(=O)(=O)c2cccs2)CC1.